The van der Waals surface area contributed by atoms with Gasteiger partial charge in [0, 0.05) is 6.54 Å². The zero-order valence-electron chi connectivity index (χ0n) is 14.5. The van der Waals surface area contributed by atoms with Crippen LogP contribution in [0, 0.1) is 5.41 Å². The van der Waals surface area contributed by atoms with Crippen LogP contribution in [-0.2, 0) is 6.54 Å². The molecular weight excluding hydrogens is 366 g/mol. The van der Waals surface area contributed by atoms with Crippen LogP contribution in [0.4, 0.5) is 0 Å². The van der Waals surface area contributed by atoms with Crippen molar-refractivity contribution in [1.29, 1.82) is 0 Å². The number of aromatic nitrogens is 3. The van der Waals surface area contributed by atoms with E-state index in [1.165, 1.54) is 0 Å². The molecule has 0 aliphatic rings. The van der Waals surface area contributed by atoms with E-state index in [4.69, 9.17) is 4.74 Å². The van der Waals surface area contributed by atoms with E-state index in [0.717, 1.165) is 33.4 Å². The van der Waals surface area contributed by atoms with Crippen molar-refractivity contribution in [3.05, 3.63) is 52.5 Å². The lowest BCUT2D eigenvalue weighted by Crippen LogP contribution is -2.16. The number of halogens is 1. The van der Waals surface area contributed by atoms with Gasteiger partial charge in [0.2, 0.25) is 0 Å². The number of nitrogens with zero attached hydrogens (tertiary/aromatic N) is 3. The molecule has 0 amide bonds. The van der Waals surface area contributed by atoms with Crippen molar-refractivity contribution in [2.24, 2.45) is 5.41 Å². The molecule has 0 fully saturated rings. The predicted molar refractivity (Wildman–Crippen MR) is 100 cm³/mol. The Kier molecular flexibility index (Phi) is 4.63. The van der Waals surface area contributed by atoms with Gasteiger partial charge in [0.05, 0.1) is 9.99 Å². The topological polar surface area (TPSA) is 39.9 Å². The fraction of sp³-hybridized carbons (Fsp3) is 0.368. The Bertz CT molecular complexity index is 837. The summed E-state index contributed by atoms with van der Waals surface area (Å²) < 4.78 is 8.92. The second kappa shape index (κ2) is 6.55. The Labute approximate surface area is 151 Å². The lowest BCUT2D eigenvalue weighted by molar-refractivity contribution is 0.226. The summed E-state index contributed by atoms with van der Waals surface area (Å²) in [5.74, 6) is 0.779. The van der Waals surface area contributed by atoms with Crippen molar-refractivity contribution in [3.8, 4) is 5.75 Å². The van der Waals surface area contributed by atoms with E-state index in [1.54, 1.807) is 0 Å². The SMILES string of the molecule is C[C@H](Oc1ccc2c(nnn2CC(C)(C)C)c1Br)c1ccccc1. The highest BCUT2D eigenvalue weighted by Crippen LogP contribution is 2.35. The van der Waals surface area contributed by atoms with E-state index in [1.807, 2.05) is 41.9 Å². The maximum absolute atomic E-state index is 6.13. The van der Waals surface area contributed by atoms with Crippen LogP contribution >= 0.6 is 15.9 Å². The Morgan fingerprint density at radius 1 is 1.12 bits per heavy atom. The van der Waals surface area contributed by atoms with Crippen molar-refractivity contribution < 1.29 is 4.74 Å². The van der Waals surface area contributed by atoms with Crippen molar-refractivity contribution in [3.63, 3.8) is 0 Å². The van der Waals surface area contributed by atoms with Crippen LogP contribution < -0.4 is 4.74 Å². The fourth-order valence-electron chi connectivity index (χ4n) is 2.63. The number of hydrogen-bond donors (Lipinski definition) is 0. The Morgan fingerprint density at radius 3 is 2.50 bits per heavy atom. The average molecular weight is 388 g/mol. The van der Waals surface area contributed by atoms with E-state index in [2.05, 4.69) is 59.1 Å². The molecule has 1 atom stereocenters. The zero-order chi connectivity index (χ0) is 17.3. The van der Waals surface area contributed by atoms with Crippen LogP contribution in [0.15, 0.2) is 46.9 Å². The number of fused-ring (bicyclic) bond motifs is 1. The van der Waals surface area contributed by atoms with Gasteiger partial charge in [0.1, 0.15) is 17.4 Å². The lowest BCUT2D eigenvalue weighted by Gasteiger charge is -2.18. The third kappa shape index (κ3) is 3.61. The molecule has 1 aromatic heterocycles. The van der Waals surface area contributed by atoms with Gasteiger partial charge in [0.25, 0.3) is 0 Å². The first-order chi connectivity index (χ1) is 11.3. The summed E-state index contributed by atoms with van der Waals surface area (Å²) in [6, 6.07) is 14.2. The predicted octanol–water partition coefficient (Wildman–Crippen LogP) is 5.38. The van der Waals surface area contributed by atoms with Crippen molar-refractivity contribution >= 4 is 27.0 Å². The fourth-order valence-corrected chi connectivity index (χ4v) is 3.13. The summed E-state index contributed by atoms with van der Waals surface area (Å²) in [5, 5.41) is 8.63. The Balaban J connectivity index is 1.89. The van der Waals surface area contributed by atoms with Gasteiger partial charge in [-0.15, -0.1) is 5.10 Å². The molecule has 4 nitrogen and oxygen atoms in total. The molecule has 0 aliphatic heterocycles. The van der Waals surface area contributed by atoms with Crippen molar-refractivity contribution in [2.75, 3.05) is 0 Å². The maximum atomic E-state index is 6.13. The molecule has 0 spiro atoms. The number of hydrogen-bond acceptors (Lipinski definition) is 3. The summed E-state index contributed by atoms with van der Waals surface area (Å²) in [6.07, 6.45) is -0.0374. The minimum absolute atomic E-state index is 0.0374. The minimum Gasteiger partial charge on any atom is -0.485 e. The van der Waals surface area contributed by atoms with E-state index in [9.17, 15) is 0 Å². The van der Waals surface area contributed by atoms with Crippen LogP contribution in [0.2, 0.25) is 0 Å². The minimum atomic E-state index is -0.0374. The number of ether oxygens (including phenoxy) is 1. The smallest absolute Gasteiger partial charge is 0.136 e. The second-order valence-corrected chi connectivity index (χ2v) is 8.02. The highest BCUT2D eigenvalue weighted by Gasteiger charge is 2.18. The molecule has 5 heteroatoms. The molecule has 126 valence electrons. The van der Waals surface area contributed by atoms with Gasteiger partial charge in [-0.25, -0.2) is 4.68 Å². The molecule has 0 radical (unpaired) electrons. The van der Waals surface area contributed by atoms with E-state index in [0.29, 0.717) is 0 Å². The first-order valence-electron chi connectivity index (χ1n) is 8.08. The monoisotopic (exact) mass is 387 g/mol. The van der Waals surface area contributed by atoms with Gasteiger partial charge >= 0.3 is 0 Å². The first kappa shape index (κ1) is 17.0. The molecule has 1 heterocycles. The summed E-state index contributed by atoms with van der Waals surface area (Å²) >= 11 is 3.64. The summed E-state index contributed by atoms with van der Waals surface area (Å²) in [7, 11) is 0. The van der Waals surface area contributed by atoms with Crippen LogP contribution in [0.3, 0.4) is 0 Å². The molecule has 24 heavy (non-hydrogen) atoms. The quantitative estimate of drug-likeness (QED) is 0.603. The summed E-state index contributed by atoms with van der Waals surface area (Å²) in [6.45, 7) is 9.43. The standard InChI is InChI=1S/C19H22BrN3O/c1-13(14-8-6-5-7-9-14)24-16-11-10-15-18(17(16)20)21-22-23(15)12-19(2,3)4/h5-11,13H,12H2,1-4H3/t13-/m0/s1. The van der Waals surface area contributed by atoms with Gasteiger partial charge in [-0.05, 0) is 46.0 Å². The molecule has 0 saturated heterocycles. The first-order valence-corrected chi connectivity index (χ1v) is 8.88. The van der Waals surface area contributed by atoms with Crippen LogP contribution in [0.25, 0.3) is 11.0 Å². The highest BCUT2D eigenvalue weighted by atomic mass is 79.9. The maximum Gasteiger partial charge on any atom is 0.136 e. The van der Waals surface area contributed by atoms with Crippen LogP contribution in [0.5, 0.6) is 5.75 Å². The molecule has 0 unspecified atom stereocenters. The van der Waals surface area contributed by atoms with Crippen molar-refractivity contribution in [1.82, 2.24) is 15.0 Å². The Hall–Kier alpha value is -1.88. The second-order valence-electron chi connectivity index (χ2n) is 7.22. The van der Waals surface area contributed by atoms with Gasteiger partial charge in [-0.2, -0.15) is 0 Å². The number of rotatable bonds is 4. The van der Waals surface area contributed by atoms with Crippen LogP contribution in [0.1, 0.15) is 39.4 Å². The van der Waals surface area contributed by atoms with Gasteiger partial charge < -0.3 is 4.74 Å². The molecular formula is C19H22BrN3O. The van der Waals surface area contributed by atoms with Crippen molar-refractivity contribution in [2.45, 2.75) is 40.3 Å². The van der Waals surface area contributed by atoms with E-state index < -0.39 is 0 Å². The molecule has 0 aliphatic carbocycles. The van der Waals surface area contributed by atoms with E-state index >= 15 is 0 Å². The van der Waals surface area contributed by atoms with Crippen LogP contribution in [-0.4, -0.2) is 15.0 Å². The normalized spacial score (nSPS) is 13.2. The number of benzene rings is 2. The largest absolute Gasteiger partial charge is 0.485 e. The van der Waals surface area contributed by atoms with Gasteiger partial charge in [-0.3, -0.25) is 0 Å². The molecule has 0 saturated carbocycles. The van der Waals surface area contributed by atoms with Gasteiger partial charge in [0.15, 0.2) is 0 Å². The third-order valence-electron chi connectivity index (χ3n) is 3.79. The molecule has 3 rings (SSSR count). The highest BCUT2D eigenvalue weighted by molar-refractivity contribution is 9.10. The Morgan fingerprint density at radius 2 is 1.83 bits per heavy atom. The molecule has 3 aromatic rings. The third-order valence-corrected chi connectivity index (χ3v) is 4.55. The zero-order valence-corrected chi connectivity index (χ0v) is 16.0. The summed E-state index contributed by atoms with van der Waals surface area (Å²) in [5.41, 5.74) is 3.12. The average Bonchev–Trinajstić information content (AvgIpc) is 2.92. The molecule has 0 bridgehead atoms. The van der Waals surface area contributed by atoms with Gasteiger partial charge in [-0.1, -0.05) is 56.3 Å². The summed E-state index contributed by atoms with van der Waals surface area (Å²) in [4.78, 5) is 0. The lowest BCUT2D eigenvalue weighted by atomic mass is 9.97. The molecule has 2 aromatic carbocycles. The van der Waals surface area contributed by atoms with E-state index in [-0.39, 0.29) is 11.5 Å². The molecule has 0 N–H and O–H groups in total.